The number of furan rings is 1. The van der Waals surface area contributed by atoms with Gasteiger partial charge in [-0.2, -0.15) is 0 Å². The van der Waals surface area contributed by atoms with Crippen molar-refractivity contribution >= 4 is 27.5 Å². The number of rotatable bonds is 2. The van der Waals surface area contributed by atoms with Crippen LogP contribution in [0.4, 0.5) is 0 Å². The number of hydrogen-bond acceptors (Lipinski definition) is 4. The molecule has 17 heavy (non-hydrogen) atoms. The molecule has 3 rings (SSSR count). The van der Waals surface area contributed by atoms with Gasteiger partial charge in [0, 0.05) is 0 Å². The minimum Gasteiger partial charge on any atom is -0.478 e. The number of aromatic carboxylic acids is 1. The SMILES string of the molecule is O=C(O)c1ccc2nc(-c3ccco3)sc2c1. The van der Waals surface area contributed by atoms with Crippen molar-refractivity contribution in [3.8, 4) is 10.8 Å². The van der Waals surface area contributed by atoms with Crippen LogP contribution >= 0.6 is 11.3 Å². The Kier molecular flexibility index (Phi) is 2.19. The van der Waals surface area contributed by atoms with E-state index in [9.17, 15) is 4.79 Å². The third-order valence-corrected chi connectivity index (χ3v) is 3.40. The van der Waals surface area contributed by atoms with E-state index >= 15 is 0 Å². The van der Waals surface area contributed by atoms with Gasteiger partial charge in [-0.05, 0) is 30.3 Å². The van der Waals surface area contributed by atoms with Gasteiger partial charge >= 0.3 is 5.97 Å². The molecule has 0 bridgehead atoms. The van der Waals surface area contributed by atoms with E-state index in [4.69, 9.17) is 9.52 Å². The second-order valence-electron chi connectivity index (χ2n) is 3.48. The molecule has 0 amide bonds. The fourth-order valence-electron chi connectivity index (χ4n) is 1.56. The molecule has 84 valence electrons. The topological polar surface area (TPSA) is 63.3 Å². The maximum Gasteiger partial charge on any atom is 0.335 e. The zero-order valence-electron chi connectivity index (χ0n) is 8.58. The molecule has 0 radical (unpaired) electrons. The average molecular weight is 245 g/mol. The molecule has 0 saturated carbocycles. The van der Waals surface area contributed by atoms with Crippen LogP contribution in [0.15, 0.2) is 41.0 Å². The Hall–Kier alpha value is -2.14. The number of carboxylic acids is 1. The first kappa shape index (κ1) is 10.0. The standard InChI is InChI=1S/C12H7NO3S/c14-12(15)7-3-4-8-10(6-7)17-11(13-8)9-2-1-5-16-9/h1-6H,(H,14,15). The fraction of sp³-hybridized carbons (Fsp3) is 0. The Morgan fingerprint density at radius 1 is 1.35 bits per heavy atom. The van der Waals surface area contributed by atoms with Crippen LogP contribution < -0.4 is 0 Å². The zero-order valence-corrected chi connectivity index (χ0v) is 9.40. The molecule has 0 aliphatic heterocycles. The summed E-state index contributed by atoms with van der Waals surface area (Å²) >= 11 is 1.42. The second-order valence-corrected chi connectivity index (χ2v) is 4.51. The molecule has 0 fully saturated rings. The molecule has 0 atom stereocenters. The minimum absolute atomic E-state index is 0.271. The molecule has 2 aromatic heterocycles. The van der Waals surface area contributed by atoms with Gasteiger partial charge < -0.3 is 9.52 Å². The monoisotopic (exact) mass is 245 g/mol. The number of aromatic nitrogens is 1. The van der Waals surface area contributed by atoms with Crippen LogP contribution in [0.25, 0.3) is 21.0 Å². The van der Waals surface area contributed by atoms with Gasteiger partial charge in [0.25, 0.3) is 0 Å². The number of fused-ring (bicyclic) bond motifs is 1. The van der Waals surface area contributed by atoms with E-state index in [0.29, 0.717) is 5.76 Å². The maximum absolute atomic E-state index is 10.8. The van der Waals surface area contributed by atoms with Crippen LogP contribution in [0.3, 0.4) is 0 Å². The molecule has 0 aliphatic carbocycles. The molecule has 0 unspecified atom stereocenters. The fourth-order valence-corrected chi connectivity index (χ4v) is 2.54. The molecule has 5 heteroatoms. The van der Waals surface area contributed by atoms with Crippen LogP contribution in [0.5, 0.6) is 0 Å². The van der Waals surface area contributed by atoms with E-state index in [1.165, 1.54) is 11.3 Å². The highest BCUT2D eigenvalue weighted by Gasteiger charge is 2.10. The van der Waals surface area contributed by atoms with Gasteiger partial charge in [-0.1, -0.05) is 0 Å². The quantitative estimate of drug-likeness (QED) is 0.752. The predicted molar refractivity (Wildman–Crippen MR) is 64.3 cm³/mol. The van der Waals surface area contributed by atoms with Gasteiger partial charge in [0.05, 0.1) is 22.0 Å². The largest absolute Gasteiger partial charge is 0.478 e. The van der Waals surface area contributed by atoms with Crippen molar-refractivity contribution in [1.82, 2.24) is 4.98 Å². The third kappa shape index (κ3) is 1.70. The van der Waals surface area contributed by atoms with Gasteiger partial charge in [-0.25, -0.2) is 9.78 Å². The lowest BCUT2D eigenvalue weighted by molar-refractivity contribution is 0.0697. The first-order valence-corrected chi connectivity index (χ1v) is 5.73. The lowest BCUT2D eigenvalue weighted by atomic mass is 10.2. The first-order valence-electron chi connectivity index (χ1n) is 4.92. The van der Waals surface area contributed by atoms with E-state index < -0.39 is 5.97 Å². The summed E-state index contributed by atoms with van der Waals surface area (Å²) in [5.74, 6) is -0.233. The summed E-state index contributed by atoms with van der Waals surface area (Å²) in [6, 6.07) is 8.51. The van der Waals surface area contributed by atoms with Crippen molar-refractivity contribution in [3.63, 3.8) is 0 Å². The highest BCUT2D eigenvalue weighted by molar-refractivity contribution is 7.21. The Bertz CT molecular complexity index is 685. The average Bonchev–Trinajstić information content (AvgIpc) is 2.96. The van der Waals surface area contributed by atoms with Gasteiger partial charge in [-0.3, -0.25) is 0 Å². The third-order valence-electron chi connectivity index (χ3n) is 2.37. The van der Waals surface area contributed by atoms with E-state index in [2.05, 4.69) is 4.98 Å². The highest BCUT2D eigenvalue weighted by Crippen LogP contribution is 2.30. The van der Waals surface area contributed by atoms with Gasteiger partial charge in [0.2, 0.25) is 0 Å². The second kappa shape index (κ2) is 3.71. The van der Waals surface area contributed by atoms with Crippen LogP contribution in [0.2, 0.25) is 0 Å². The molecule has 0 aliphatic rings. The summed E-state index contributed by atoms with van der Waals surface area (Å²) in [4.78, 5) is 15.2. The Morgan fingerprint density at radius 2 is 2.24 bits per heavy atom. The zero-order chi connectivity index (χ0) is 11.8. The molecule has 3 aromatic rings. The van der Waals surface area contributed by atoms with Crippen LogP contribution in [0, 0.1) is 0 Å². The molecule has 0 spiro atoms. The minimum atomic E-state index is -0.931. The molecule has 2 heterocycles. The predicted octanol–water partition coefficient (Wildman–Crippen LogP) is 3.25. The summed E-state index contributed by atoms with van der Waals surface area (Å²) in [5.41, 5.74) is 1.05. The van der Waals surface area contributed by atoms with Gasteiger partial charge in [0.15, 0.2) is 10.8 Å². The van der Waals surface area contributed by atoms with Crippen molar-refractivity contribution in [3.05, 3.63) is 42.2 Å². The number of nitrogens with zero attached hydrogens (tertiary/aromatic N) is 1. The smallest absolute Gasteiger partial charge is 0.335 e. The van der Waals surface area contributed by atoms with E-state index in [1.807, 2.05) is 6.07 Å². The van der Waals surface area contributed by atoms with Crippen LogP contribution in [-0.2, 0) is 0 Å². The van der Waals surface area contributed by atoms with Crippen molar-refractivity contribution in [2.45, 2.75) is 0 Å². The number of hydrogen-bond donors (Lipinski definition) is 1. The van der Waals surface area contributed by atoms with E-state index in [1.54, 1.807) is 30.5 Å². The van der Waals surface area contributed by atoms with Crippen molar-refractivity contribution < 1.29 is 14.3 Å². The van der Waals surface area contributed by atoms with Gasteiger partial charge in [0.1, 0.15) is 0 Å². The van der Waals surface area contributed by atoms with Crippen LogP contribution in [0.1, 0.15) is 10.4 Å². The van der Waals surface area contributed by atoms with E-state index in [-0.39, 0.29) is 5.56 Å². The summed E-state index contributed by atoms with van der Waals surface area (Å²) in [6.45, 7) is 0. The highest BCUT2D eigenvalue weighted by atomic mass is 32.1. The summed E-state index contributed by atoms with van der Waals surface area (Å²) in [6.07, 6.45) is 1.59. The Morgan fingerprint density at radius 3 is 2.94 bits per heavy atom. The number of carboxylic acid groups (broad SMARTS) is 1. The summed E-state index contributed by atoms with van der Waals surface area (Å²) in [7, 11) is 0. The molecule has 4 nitrogen and oxygen atoms in total. The lowest BCUT2D eigenvalue weighted by Crippen LogP contribution is -1.94. The van der Waals surface area contributed by atoms with Crippen molar-refractivity contribution in [2.24, 2.45) is 0 Å². The number of benzene rings is 1. The number of carbonyl (C=O) groups is 1. The Labute approximate surface area is 100 Å². The van der Waals surface area contributed by atoms with Gasteiger partial charge in [-0.15, -0.1) is 11.3 Å². The van der Waals surface area contributed by atoms with Crippen molar-refractivity contribution in [1.29, 1.82) is 0 Å². The van der Waals surface area contributed by atoms with E-state index in [0.717, 1.165) is 15.2 Å². The first-order chi connectivity index (χ1) is 8.24. The van der Waals surface area contributed by atoms with Crippen molar-refractivity contribution in [2.75, 3.05) is 0 Å². The van der Waals surface area contributed by atoms with Crippen LogP contribution in [-0.4, -0.2) is 16.1 Å². The number of thiazole rings is 1. The molecular weight excluding hydrogens is 238 g/mol. The summed E-state index contributed by atoms with van der Waals surface area (Å²) < 4.78 is 6.10. The lowest BCUT2D eigenvalue weighted by Gasteiger charge is -1.91. The maximum atomic E-state index is 10.8. The Balaban J connectivity index is 2.16. The normalized spacial score (nSPS) is 10.8. The molecule has 0 saturated heterocycles. The summed E-state index contributed by atoms with van der Waals surface area (Å²) in [5, 5.41) is 9.66. The molecule has 1 N–H and O–H groups in total. The molecule has 1 aromatic carbocycles. The molecular formula is C12H7NO3S.